The van der Waals surface area contributed by atoms with Gasteiger partial charge in [-0.05, 0) is 43.3 Å². The summed E-state index contributed by atoms with van der Waals surface area (Å²) in [5.74, 6) is 0.716. The van der Waals surface area contributed by atoms with Gasteiger partial charge in [-0.15, -0.1) is 0 Å². The molecule has 0 bridgehead atoms. The second kappa shape index (κ2) is 7.44. The molecule has 0 aliphatic heterocycles. The van der Waals surface area contributed by atoms with Crippen LogP contribution in [0.2, 0.25) is 5.02 Å². The Bertz CT molecular complexity index is 408. The number of anilines is 1. The lowest BCUT2D eigenvalue weighted by Crippen LogP contribution is -2.37. The van der Waals surface area contributed by atoms with Gasteiger partial charge in [0, 0.05) is 11.1 Å². The van der Waals surface area contributed by atoms with Crippen molar-refractivity contribution in [3.8, 4) is 5.75 Å². The first kappa shape index (κ1) is 15.1. The zero-order chi connectivity index (χ0) is 13.5. The van der Waals surface area contributed by atoms with Gasteiger partial charge in [0.1, 0.15) is 5.75 Å². The minimum atomic E-state index is 0.384. The van der Waals surface area contributed by atoms with E-state index < -0.39 is 0 Å². The predicted octanol–water partition coefficient (Wildman–Crippen LogP) is 3.82. The number of nitrogens with one attached hydrogen (secondary N) is 2. The fourth-order valence-corrected chi connectivity index (χ4v) is 2.06. The number of hydrogen-bond donors (Lipinski definition) is 2. The van der Waals surface area contributed by atoms with Gasteiger partial charge in [-0.25, -0.2) is 0 Å². The molecule has 0 amide bonds. The van der Waals surface area contributed by atoms with Crippen molar-refractivity contribution < 1.29 is 4.74 Å². The fraction of sp³-hybridized carbons (Fsp3) is 0.462. The van der Waals surface area contributed by atoms with Crippen LogP contribution in [0.5, 0.6) is 5.75 Å². The third kappa shape index (κ3) is 4.35. The lowest BCUT2D eigenvalue weighted by atomic mass is 10.2. The topological polar surface area (TPSA) is 33.3 Å². The molecule has 0 saturated heterocycles. The van der Waals surface area contributed by atoms with Crippen molar-refractivity contribution in [2.24, 2.45) is 0 Å². The highest BCUT2D eigenvalue weighted by Crippen LogP contribution is 2.27. The maximum Gasteiger partial charge on any atom is 0.171 e. The standard InChI is InChI=1S/C13H19ClN2OS/c1-4-10(5-2)15-13(18)16-11-8-9(14)6-7-12(11)17-3/h6-8,10H,4-5H2,1-3H3,(H2,15,16,18). The summed E-state index contributed by atoms with van der Waals surface area (Å²) in [6, 6.07) is 5.77. The Morgan fingerprint density at radius 1 is 1.39 bits per heavy atom. The van der Waals surface area contributed by atoms with Crippen LogP contribution in [0.25, 0.3) is 0 Å². The van der Waals surface area contributed by atoms with Gasteiger partial charge in [0.15, 0.2) is 5.11 Å². The van der Waals surface area contributed by atoms with Crippen LogP contribution in [0.15, 0.2) is 18.2 Å². The van der Waals surface area contributed by atoms with Gasteiger partial charge in [0.2, 0.25) is 0 Å². The van der Waals surface area contributed by atoms with E-state index >= 15 is 0 Å². The summed E-state index contributed by atoms with van der Waals surface area (Å²) >= 11 is 11.2. The molecule has 0 fully saturated rings. The number of thiocarbonyl (C=S) groups is 1. The molecule has 100 valence electrons. The first-order valence-corrected chi connectivity index (χ1v) is 6.80. The Labute approximate surface area is 119 Å². The van der Waals surface area contributed by atoms with Gasteiger partial charge in [0.05, 0.1) is 12.8 Å². The molecule has 0 radical (unpaired) electrons. The van der Waals surface area contributed by atoms with Crippen LogP contribution in [-0.4, -0.2) is 18.3 Å². The SMILES string of the molecule is CCC(CC)NC(=S)Nc1cc(Cl)ccc1OC. The van der Waals surface area contributed by atoms with E-state index in [1.807, 2.05) is 6.07 Å². The Morgan fingerprint density at radius 3 is 2.61 bits per heavy atom. The molecule has 0 unspecified atom stereocenters. The molecule has 0 atom stereocenters. The van der Waals surface area contributed by atoms with Crippen LogP contribution in [-0.2, 0) is 0 Å². The maximum atomic E-state index is 5.96. The Hall–Kier alpha value is -1.00. The molecular formula is C13H19ClN2OS. The Morgan fingerprint density at radius 2 is 2.06 bits per heavy atom. The summed E-state index contributed by atoms with van der Waals surface area (Å²) in [7, 11) is 1.62. The number of hydrogen-bond acceptors (Lipinski definition) is 2. The van der Waals surface area contributed by atoms with Gasteiger partial charge in [0.25, 0.3) is 0 Å². The van der Waals surface area contributed by atoms with E-state index in [4.69, 9.17) is 28.6 Å². The van der Waals surface area contributed by atoms with Crippen molar-refractivity contribution in [2.75, 3.05) is 12.4 Å². The first-order chi connectivity index (χ1) is 8.60. The van der Waals surface area contributed by atoms with E-state index in [1.165, 1.54) is 0 Å². The van der Waals surface area contributed by atoms with Crippen molar-refractivity contribution in [1.29, 1.82) is 0 Å². The minimum absolute atomic E-state index is 0.384. The van der Waals surface area contributed by atoms with E-state index in [-0.39, 0.29) is 0 Å². The molecule has 0 saturated carbocycles. The molecule has 1 aromatic carbocycles. The molecule has 3 nitrogen and oxygen atoms in total. The van der Waals surface area contributed by atoms with Crippen molar-refractivity contribution in [2.45, 2.75) is 32.7 Å². The summed E-state index contributed by atoms with van der Waals surface area (Å²) in [6.07, 6.45) is 2.07. The number of halogens is 1. The molecule has 1 rings (SSSR count). The van der Waals surface area contributed by atoms with E-state index in [0.29, 0.717) is 21.9 Å². The number of ether oxygens (including phenoxy) is 1. The van der Waals surface area contributed by atoms with Crippen LogP contribution >= 0.6 is 23.8 Å². The first-order valence-electron chi connectivity index (χ1n) is 6.01. The highest BCUT2D eigenvalue weighted by molar-refractivity contribution is 7.80. The van der Waals surface area contributed by atoms with Crippen LogP contribution < -0.4 is 15.4 Å². The monoisotopic (exact) mass is 286 g/mol. The third-order valence-corrected chi connectivity index (χ3v) is 3.19. The van der Waals surface area contributed by atoms with Gasteiger partial charge in [-0.2, -0.15) is 0 Å². The molecule has 0 aromatic heterocycles. The zero-order valence-electron chi connectivity index (χ0n) is 10.9. The lowest BCUT2D eigenvalue weighted by Gasteiger charge is -2.19. The average molecular weight is 287 g/mol. The van der Waals surface area contributed by atoms with Crippen LogP contribution in [0.1, 0.15) is 26.7 Å². The van der Waals surface area contributed by atoms with E-state index in [2.05, 4.69) is 24.5 Å². The molecule has 0 aliphatic rings. The van der Waals surface area contributed by atoms with Crippen molar-refractivity contribution in [3.05, 3.63) is 23.2 Å². The highest BCUT2D eigenvalue weighted by atomic mass is 35.5. The minimum Gasteiger partial charge on any atom is -0.495 e. The fourth-order valence-electron chi connectivity index (χ4n) is 1.61. The second-order valence-corrected chi connectivity index (χ2v) is 4.80. The molecule has 2 N–H and O–H groups in total. The van der Waals surface area contributed by atoms with Crippen molar-refractivity contribution in [1.82, 2.24) is 5.32 Å². The largest absolute Gasteiger partial charge is 0.495 e. The number of rotatable bonds is 5. The summed E-state index contributed by atoms with van der Waals surface area (Å²) in [4.78, 5) is 0. The van der Waals surface area contributed by atoms with Gasteiger partial charge in [-0.1, -0.05) is 25.4 Å². The lowest BCUT2D eigenvalue weighted by molar-refractivity contribution is 0.417. The van der Waals surface area contributed by atoms with Gasteiger partial charge < -0.3 is 15.4 Å². The van der Waals surface area contributed by atoms with Gasteiger partial charge in [-0.3, -0.25) is 0 Å². The zero-order valence-corrected chi connectivity index (χ0v) is 12.5. The number of benzene rings is 1. The van der Waals surface area contributed by atoms with Crippen LogP contribution in [0.4, 0.5) is 5.69 Å². The molecule has 0 heterocycles. The quantitative estimate of drug-likeness (QED) is 0.806. The second-order valence-electron chi connectivity index (χ2n) is 3.96. The molecule has 5 heteroatoms. The van der Waals surface area contributed by atoms with Gasteiger partial charge >= 0.3 is 0 Å². The molecule has 0 aliphatic carbocycles. The normalized spacial score (nSPS) is 10.3. The van der Waals surface area contributed by atoms with E-state index in [0.717, 1.165) is 18.5 Å². The smallest absolute Gasteiger partial charge is 0.171 e. The van der Waals surface area contributed by atoms with E-state index in [1.54, 1.807) is 19.2 Å². The van der Waals surface area contributed by atoms with Crippen LogP contribution in [0, 0.1) is 0 Å². The summed E-state index contributed by atoms with van der Waals surface area (Å²) in [5.41, 5.74) is 0.772. The van der Waals surface area contributed by atoms with Crippen LogP contribution in [0.3, 0.4) is 0 Å². The molecule has 0 spiro atoms. The maximum absolute atomic E-state index is 5.96. The molecular weight excluding hydrogens is 268 g/mol. The molecule has 1 aromatic rings. The summed E-state index contributed by atoms with van der Waals surface area (Å²) < 4.78 is 5.25. The number of methoxy groups -OCH3 is 1. The Balaban J connectivity index is 2.71. The third-order valence-electron chi connectivity index (χ3n) is 2.73. The summed E-state index contributed by atoms with van der Waals surface area (Å²) in [5, 5.41) is 7.60. The summed E-state index contributed by atoms with van der Waals surface area (Å²) in [6.45, 7) is 4.26. The van der Waals surface area contributed by atoms with Crippen molar-refractivity contribution in [3.63, 3.8) is 0 Å². The Kier molecular flexibility index (Phi) is 6.22. The van der Waals surface area contributed by atoms with E-state index in [9.17, 15) is 0 Å². The highest BCUT2D eigenvalue weighted by Gasteiger charge is 2.08. The predicted molar refractivity (Wildman–Crippen MR) is 81.7 cm³/mol. The van der Waals surface area contributed by atoms with Crippen molar-refractivity contribution >= 4 is 34.6 Å². The average Bonchev–Trinajstić information content (AvgIpc) is 2.36. The molecule has 18 heavy (non-hydrogen) atoms.